The van der Waals surface area contributed by atoms with Crippen molar-refractivity contribution >= 4 is 34.5 Å². The van der Waals surface area contributed by atoms with Gasteiger partial charge in [0.05, 0.1) is 0 Å². The largest absolute Gasteiger partial charge is 0.361 e. The number of carbonyl (C=O) groups is 1. The minimum absolute atomic E-state index is 0.168. The highest BCUT2D eigenvalue weighted by Gasteiger charge is 2.29. The van der Waals surface area contributed by atoms with Gasteiger partial charge in [-0.05, 0) is 73.6 Å². The van der Waals surface area contributed by atoms with E-state index in [4.69, 9.17) is 16.8 Å². The number of aryl methyl sites for hydroxylation is 2. The van der Waals surface area contributed by atoms with Crippen LogP contribution in [0.2, 0.25) is 5.02 Å². The first-order valence-electron chi connectivity index (χ1n) is 12.4. The zero-order valence-electron chi connectivity index (χ0n) is 20.9. The molecule has 4 N–H and O–H groups in total. The Labute approximate surface area is 220 Å². The summed E-state index contributed by atoms with van der Waals surface area (Å²) in [6.07, 6.45) is 7.77. The van der Waals surface area contributed by atoms with Gasteiger partial charge in [0.2, 0.25) is 0 Å². The van der Waals surface area contributed by atoms with Crippen molar-refractivity contribution in [3.8, 4) is 0 Å². The summed E-state index contributed by atoms with van der Waals surface area (Å²) in [7, 11) is 0. The van der Waals surface area contributed by atoms with E-state index in [0.29, 0.717) is 22.8 Å². The first-order valence-corrected chi connectivity index (χ1v) is 12.8. The standard InChI is InChI=1S/C29H30ClFN4O2/c1-17-26(33-18(2)29(17)31)16-35(12-11-21-15-32-25-14-22(30)6-8-23(21)25)27-9-5-20-13-19(3-7-24(20)27)4-10-28(36)34-37/h3-4,6-8,10,13-15,27,32-33,37H,5,9,11-12,16H2,1-2H3,(H,34,36)/b10-4+. The molecule has 0 saturated carbocycles. The molecule has 1 aliphatic carbocycles. The molecule has 5 rings (SSSR count). The number of amides is 1. The molecule has 0 saturated heterocycles. The Balaban J connectivity index is 1.42. The van der Waals surface area contributed by atoms with E-state index in [9.17, 15) is 9.18 Å². The van der Waals surface area contributed by atoms with Gasteiger partial charge in [-0.25, -0.2) is 9.87 Å². The number of carbonyl (C=O) groups excluding carboxylic acids is 1. The van der Waals surface area contributed by atoms with Crippen LogP contribution in [-0.2, 0) is 24.2 Å². The molecule has 0 bridgehead atoms. The van der Waals surface area contributed by atoms with Gasteiger partial charge in [-0.3, -0.25) is 14.9 Å². The molecule has 0 radical (unpaired) electrons. The number of hydrogen-bond acceptors (Lipinski definition) is 3. The van der Waals surface area contributed by atoms with Crippen LogP contribution in [0, 0.1) is 19.7 Å². The third kappa shape index (κ3) is 5.21. The second-order valence-corrected chi connectivity index (χ2v) is 10.2. The molecule has 0 fully saturated rings. The molecule has 1 atom stereocenters. The van der Waals surface area contributed by atoms with Crippen LogP contribution in [0.4, 0.5) is 4.39 Å². The Bertz CT molecular complexity index is 1490. The average Bonchev–Trinajstić information content (AvgIpc) is 3.57. The first-order chi connectivity index (χ1) is 17.8. The predicted octanol–water partition coefficient (Wildman–Crippen LogP) is 6.16. The zero-order chi connectivity index (χ0) is 26.1. The van der Waals surface area contributed by atoms with Gasteiger partial charge in [-0.2, -0.15) is 0 Å². The molecule has 6 nitrogen and oxygen atoms in total. The third-order valence-corrected chi connectivity index (χ3v) is 7.63. The molecular weight excluding hydrogens is 491 g/mol. The van der Waals surface area contributed by atoms with Gasteiger partial charge < -0.3 is 9.97 Å². The van der Waals surface area contributed by atoms with Crippen LogP contribution in [0.1, 0.15) is 51.7 Å². The SMILES string of the molecule is Cc1[nH]c(CN(CCc2c[nH]c3cc(Cl)ccc23)C2CCc3cc(/C=C/C(=O)NO)ccc32)c(C)c1F. The fourth-order valence-electron chi connectivity index (χ4n) is 5.43. The van der Waals surface area contributed by atoms with Crippen molar-refractivity contribution in [2.24, 2.45) is 0 Å². The van der Waals surface area contributed by atoms with Gasteiger partial charge >= 0.3 is 0 Å². The fraction of sp³-hybridized carbons (Fsp3) is 0.276. The highest BCUT2D eigenvalue weighted by atomic mass is 35.5. The lowest BCUT2D eigenvalue weighted by atomic mass is 10.0. The summed E-state index contributed by atoms with van der Waals surface area (Å²) in [5, 5.41) is 10.6. The van der Waals surface area contributed by atoms with Crippen molar-refractivity contribution in [3.63, 3.8) is 0 Å². The molecule has 4 aromatic rings. The first kappa shape index (κ1) is 25.3. The number of benzene rings is 2. The van der Waals surface area contributed by atoms with Crippen LogP contribution in [0.3, 0.4) is 0 Å². The average molecular weight is 521 g/mol. The van der Waals surface area contributed by atoms with Crippen LogP contribution < -0.4 is 5.48 Å². The number of hydroxylamine groups is 1. The number of H-pyrrole nitrogens is 2. The lowest BCUT2D eigenvalue weighted by Crippen LogP contribution is -2.30. The van der Waals surface area contributed by atoms with Crippen molar-refractivity contribution in [2.75, 3.05) is 6.54 Å². The number of aromatic nitrogens is 2. The molecule has 1 amide bonds. The molecule has 0 spiro atoms. The number of rotatable bonds is 8. The summed E-state index contributed by atoms with van der Waals surface area (Å²) in [5.41, 5.74) is 9.41. The summed E-state index contributed by atoms with van der Waals surface area (Å²) >= 11 is 6.17. The van der Waals surface area contributed by atoms with E-state index in [2.05, 4.69) is 33.1 Å². The lowest BCUT2D eigenvalue weighted by molar-refractivity contribution is -0.124. The van der Waals surface area contributed by atoms with Gasteiger partial charge in [0.15, 0.2) is 0 Å². The Kier molecular flexibility index (Phi) is 7.20. The summed E-state index contributed by atoms with van der Waals surface area (Å²) in [4.78, 5) is 20.4. The van der Waals surface area contributed by atoms with Crippen molar-refractivity contribution in [2.45, 2.75) is 45.7 Å². The Morgan fingerprint density at radius 1 is 1.27 bits per heavy atom. The number of nitrogens with zero attached hydrogens (tertiary/aromatic N) is 1. The molecule has 192 valence electrons. The number of halogens is 2. The van der Waals surface area contributed by atoms with E-state index in [1.54, 1.807) is 18.5 Å². The number of nitrogens with one attached hydrogen (secondary N) is 3. The summed E-state index contributed by atoms with van der Waals surface area (Å²) in [6.45, 7) is 5.02. The third-order valence-electron chi connectivity index (χ3n) is 7.40. The normalized spacial score (nSPS) is 15.2. The monoisotopic (exact) mass is 520 g/mol. The van der Waals surface area contributed by atoms with E-state index >= 15 is 0 Å². The summed E-state index contributed by atoms with van der Waals surface area (Å²) < 4.78 is 14.5. The Morgan fingerprint density at radius 2 is 2.11 bits per heavy atom. The van der Waals surface area contributed by atoms with Gasteiger partial charge in [0.1, 0.15) is 5.82 Å². The topological polar surface area (TPSA) is 84.2 Å². The van der Waals surface area contributed by atoms with Crippen molar-refractivity contribution < 1.29 is 14.4 Å². The number of aromatic amines is 2. The zero-order valence-corrected chi connectivity index (χ0v) is 21.6. The highest BCUT2D eigenvalue weighted by Crippen LogP contribution is 2.38. The van der Waals surface area contributed by atoms with E-state index in [1.165, 1.54) is 22.8 Å². The van der Waals surface area contributed by atoms with E-state index in [0.717, 1.165) is 48.0 Å². The van der Waals surface area contributed by atoms with Crippen LogP contribution in [0.15, 0.2) is 48.7 Å². The smallest absolute Gasteiger partial charge is 0.267 e. The molecule has 0 aliphatic heterocycles. The molecule has 2 heterocycles. The Hall–Kier alpha value is -3.39. The van der Waals surface area contributed by atoms with Gasteiger partial charge in [-0.1, -0.05) is 35.9 Å². The van der Waals surface area contributed by atoms with E-state index in [1.807, 2.05) is 31.3 Å². The van der Waals surface area contributed by atoms with Crippen molar-refractivity contribution in [1.82, 2.24) is 20.3 Å². The molecule has 1 aliphatic rings. The predicted molar refractivity (Wildman–Crippen MR) is 144 cm³/mol. The Morgan fingerprint density at radius 3 is 2.86 bits per heavy atom. The maximum absolute atomic E-state index is 14.5. The quantitative estimate of drug-likeness (QED) is 0.128. The molecule has 37 heavy (non-hydrogen) atoms. The van der Waals surface area contributed by atoms with E-state index < -0.39 is 5.91 Å². The molecule has 2 aromatic heterocycles. The minimum Gasteiger partial charge on any atom is -0.361 e. The van der Waals surface area contributed by atoms with Crippen LogP contribution >= 0.6 is 11.6 Å². The van der Waals surface area contributed by atoms with Gasteiger partial charge in [-0.15, -0.1) is 0 Å². The highest BCUT2D eigenvalue weighted by molar-refractivity contribution is 6.31. The second-order valence-electron chi connectivity index (χ2n) is 9.71. The van der Waals surface area contributed by atoms with Gasteiger partial charge in [0, 0.05) is 64.3 Å². The summed E-state index contributed by atoms with van der Waals surface area (Å²) in [5.74, 6) is -0.730. The summed E-state index contributed by atoms with van der Waals surface area (Å²) in [6, 6.07) is 12.3. The van der Waals surface area contributed by atoms with Crippen LogP contribution in [-0.4, -0.2) is 32.5 Å². The van der Waals surface area contributed by atoms with Gasteiger partial charge in [0.25, 0.3) is 5.91 Å². The maximum Gasteiger partial charge on any atom is 0.267 e. The molecule has 1 unspecified atom stereocenters. The lowest BCUT2D eigenvalue weighted by Gasteiger charge is -2.30. The minimum atomic E-state index is -0.562. The maximum atomic E-state index is 14.5. The second kappa shape index (κ2) is 10.5. The van der Waals surface area contributed by atoms with Crippen LogP contribution in [0.25, 0.3) is 17.0 Å². The molecular formula is C29H30ClFN4O2. The molecule has 8 heteroatoms. The number of hydrogen-bond donors (Lipinski definition) is 4. The fourth-order valence-corrected chi connectivity index (χ4v) is 5.60. The van der Waals surface area contributed by atoms with Crippen molar-refractivity contribution in [1.29, 1.82) is 0 Å². The van der Waals surface area contributed by atoms with Crippen LogP contribution in [0.5, 0.6) is 0 Å². The van der Waals surface area contributed by atoms with Crippen molar-refractivity contribution in [3.05, 3.63) is 98.7 Å². The number of fused-ring (bicyclic) bond motifs is 2. The van der Waals surface area contributed by atoms with E-state index in [-0.39, 0.29) is 11.9 Å². The molecule has 2 aromatic carbocycles.